The van der Waals surface area contributed by atoms with Gasteiger partial charge in [-0.05, 0) is 95.6 Å². The number of carbonyl (C=O) groups is 5. The SMILES string of the molecule is CCOC(=O)c1c(N)ncn1-c1ccc(C)cc1.CCOC(=O)c1c(N=CN(C)C)ncn1-c1ccc(C)cc1.Cc1ccc(-n2cnc(N=Cc3ccccc3)c2C(=O)c2ccccc2)cc1.Cc1ccc(-n2cnc(NCC=O)c2C(=O)c2ccccc2)cc1. The van der Waals surface area contributed by atoms with E-state index < -0.39 is 11.9 Å². The number of aryl methyl sites for hydroxylation is 4. The highest BCUT2D eigenvalue weighted by Crippen LogP contribution is 2.27. The molecule has 0 bridgehead atoms. The first-order valence-electron chi connectivity index (χ1n) is 29.4. The predicted octanol–water partition coefficient (Wildman–Crippen LogP) is 12.7. The van der Waals surface area contributed by atoms with Crippen molar-refractivity contribution in [2.24, 2.45) is 9.98 Å². The van der Waals surface area contributed by atoms with E-state index in [1.165, 1.54) is 6.33 Å². The number of aliphatic imine (C=N–C) groups is 2. The molecule has 11 rings (SSSR count). The molecule has 0 aliphatic carbocycles. The number of nitrogen functional groups attached to an aromatic ring is 1. The van der Waals surface area contributed by atoms with Gasteiger partial charge in [0.1, 0.15) is 43.0 Å². The summed E-state index contributed by atoms with van der Waals surface area (Å²) in [6, 6.07) is 59.3. The maximum atomic E-state index is 13.3. The average molecular weight is 1230 g/mol. The van der Waals surface area contributed by atoms with Crippen LogP contribution in [0.25, 0.3) is 22.7 Å². The van der Waals surface area contributed by atoms with Gasteiger partial charge in [-0.2, -0.15) is 0 Å². The van der Waals surface area contributed by atoms with Crippen molar-refractivity contribution >= 4 is 65.6 Å². The standard InChI is InChI=1S/C24H19N3O.C19H17N3O2.C16H20N4O2.C13H15N3O2/c1-18-12-14-21(15-13-18)27-17-26-24(25-16-19-8-4-2-5-9-19)22(27)23(28)20-10-6-3-7-11-20;1-14-7-9-16(10-8-14)22-13-21-19(20-11-12-23)17(22)18(24)15-5-3-2-4-6-15;1-5-22-16(21)14-15(17-10-19(3)4)18-11-20(14)13-8-6-12(2)7-9-13;1-3-18-13(17)11-12(14)15-8-16(11)10-6-4-9(2)5-7-10/h2-17H,1H3;2-10,12-13,20H,11H2,1H3;6-11H,5H2,1-4H3;4-8H,3,14H2,1-2H3. The lowest BCUT2D eigenvalue weighted by molar-refractivity contribution is -0.106. The molecule has 0 aliphatic heterocycles. The molecule has 0 unspecified atom stereocenters. The second-order valence-electron chi connectivity index (χ2n) is 20.8. The van der Waals surface area contributed by atoms with E-state index in [2.05, 4.69) is 35.2 Å². The number of nitrogens with one attached hydrogen (secondary N) is 1. The van der Waals surface area contributed by atoms with Gasteiger partial charge in [-0.25, -0.2) is 39.5 Å². The van der Waals surface area contributed by atoms with Gasteiger partial charge in [0, 0.05) is 54.2 Å². The van der Waals surface area contributed by atoms with Crippen LogP contribution in [0.3, 0.4) is 0 Å². The number of ether oxygens (including phenoxy) is 2. The lowest BCUT2D eigenvalue weighted by Gasteiger charge is -2.10. The van der Waals surface area contributed by atoms with Crippen LogP contribution in [-0.4, -0.2) is 119 Å². The number of rotatable bonds is 19. The number of nitrogens with two attached hydrogens (primary N) is 1. The number of hydrogen-bond acceptors (Lipinski definition) is 15. The fraction of sp³-hybridized carbons (Fsp3) is 0.153. The monoisotopic (exact) mass is 1230 g/mol. The highest BCUT2D eigenvalue weighted by molar-refractivity contribution is 6.12. The number of benzene rings is 7. The van der Waals surface area contributed by atoms with E-state index in [9.17, 15) is 24.0 Å². The topological polar surface area (TPSA) is 241 Å². The maximum Gasteiger partial charge on any atom is 0.359 e. The molecular weight excluding hydrogens is 1160 g/mol. The summed E-state index contributed by atoms with van der Waals surface area (Å²) in [5, 5.41) is 2.89. The molecule has 0 radical (unpaired) electrons. The lowest BCUT2D eigenvalue weighted by Crippen LogP contribution is -2.13. The normalized spacial score (nSPS) is 10.7. The summed E-state index contributed by atoms with van der Waals surface area (Å²) in [5.74, 6) is 0.150. The summed E-state index contributed by atoms with van der Waals surface area (Å²) < 4.78 is 17.0. The Morgan fingerprint density at radius 1 is 0.478 bits per heavy atom. The molecule has 11 aromatic rings. The van der Waals surface area contributed by atoms with Crippen molar-refractivity contribution in [3.8, 4) is 22.7 Å². The van der Waals surface area contributed by atoms with E-state index in [4.69, 9.17) is 15.2 Å². The fourth-order valence-electron chi connectivity index (χ4n) is 8.97. The number of ketones is 2. The average Bonchev–Trinajstić information content (AvgIpc) is 2.63. The molecule has 20 nitrogen and oxygen atoms in total. The molecule has 0 atom stereocenters. The third-order valence-corrected chi connectivity index (χ3v) is 13.6. The molecule has 7 aromatic carbocycles. The second kappa shape index (κ2) is 32.3. The molecule has 0 saturated heterocycles. The molecular formula is C72H71N13O7. The third kappa shape index (κ3) is 17.2. The van der Waals surface area contributed by atoms with Gasteiger partial charge in [-0.3, -0.25) is 27.9 Å². The Morgan fingerprint density at radius 3 is 1.28 bits per heavy atom. The van der Waals surface area contributed by atoms with Crippen LogP contribution in [0.15, 0.2) is 223 Å². The van der Waals surface area contributed by atoms with Crippen molar-refractivity contribution in [2.45, 2.75) is 41.5 Å². The van der Waals surface area contributed by atoms with E-state index in [1.54, 1.807) is 92.8 Å². The molecule has 4 heterocycles. The molecule has 0 saturated carbocycles. The van der Waals surface area contributed by atoms with Gasteiger partial charge in [-0.15, -0.1) is 0 Å². The molecule has 4 aromatic heterocycles. The predicted molar refractivity (Wildman–Crippen MR) is 359 cm³/mol. The number of anilines is 2. The number of aromatic nitrogens is 8. The number of nitrogens with zero attached hydrogens (tertiary/aromatic N) is 11. The molecule has 0 aliphatic rings. The zero-order valence-corrected chi connectivity index (χ0v) is 52.4. The molecule has 466 valence electrons. The van der Waals surface area contributed by atoms with Gasteiger partial charge in [0.2, 0.25) is 11.6 Å². The van der Waals surface area contributed by atoms with E-state index >= 15 is 0 Å². The first-order chi connectivity index (χ1) is 44.6. The summed E-state index contributed by atoms with van der Waals surface area (Å²) in [7, 11) is 3.70. The van der Waals surface area contributed by atoms with Crippen LogP contribution in [0.1, 0.15) is 94.7 Å². The maximum absolute atomic E-state index is 13.3. The summed E-state index contributed by atoms with van der Waals surface area (Å²) >= 11 is 0. The van der Waals surface area contributed by atoms with Gasteiger partial charge < -0.3 is 30.2 Å². The number of esters is 2. The number of aldehydes is 1. The van der Waals surface area contributed by atoms with E-state index in [1.807, 2.05) is 206 Å². The Kier molecular flexibility index (Phi) is 23.2. The molecule has 20 heteroatoms. The minimum Gasteiger partial charge on any atom is -0.461 e. The summed E-state index contributed by atoms with van der Waals surface area (Å²) in [5.41, 5.74) is 17.2. The van der Waals surface area contributed by atoms with Crippen LogP contribution >= 0.6 is 0 Å². The van der Waals surface area contributed by atoms with Crippen LogP contribution in [0, 0.1) is 27.7 Å². The largest absolute Gasteiger partial charge is 0.461 e. The minimum atomic E-state index is -0.465. The Morgan fingerprint density at radius 2 is 0.848 bits per heavy atom. The van der Waals surface area contributed by atoms with Gasteiger partial charge in [0.25, 0.3) is 0 Å². The highest BCUT2D eigenvalue weighted by Gasteiger charge is 2.24. The van der Waals surface area contributed by atoms with Crippen LogP contribution in [0.5, 0.6) is 0 Å². The van der Waals surface area contributed by atoms with Crippen molar-refractivity contribution in [1.82, 2.24) is 43.1 Å². The number of hydrogen-bond donors (Lipinski definition) is 2. The van der Waals surface area contributed by atoms with Crippen molar-refractivity contribution in [3.05, 3.63) is 275 Å². The quantitative estimate of drug-likeness (QED) is 0.0252. The molecule has 0 spiro atoms. The van der Waals surface area contributed by atoms with Crippen molar-refractivity contribution in [2.75, 3.05) is 44.9 Å². The Hall–Kier alpha value is -11.9. The summed E-state index contributed by atoms with van der Waals surface area (Å²) in [6.07, 6.45) is 10.4. The van der Waals surface area contributed by atoms with E-state index in [0.717, 1.165) is 56.9 Å². The van der Waals surface area contributed by atoms with Crippen LogP contribution in [-0.2, 0) is 14.3 Å². The molecule has 0 amide bonds. The molecule has 3 N–H and O–H groups in total. The zero-order chi connectivity index (χ0) is 65.5. The second-order valence-corrected chi connectivity index (χ2v) is 20.8. The Bertz CT molecular complexity index is 4290. The highest BCUT2D eigenvalue weighted by atomic mass is 16.5. The van der Waals surface area contributed by atoms with Crippen molar-refractivity contribution in [1.29, 1.82) is 0 Å². The van der Waals surface area contributed by atoms with Crippen LogP contribution in [0.2, 0.25) is 0 Å². The van der Waals surface area contributed by atoms with Crippen LogP contribution < -0.4 is 11.1 Å². The zero-order valence-electron chi connectivity index (χ0n) is 52.4. The Balaban J connectivity index is 0.000000160. The first-order valence-corrected chi connectivity index (χ1v) is 29.4. The summed E-state index contributed by atoms with van der Waals surface area (Å²) in [6.45, 7) is 12.3. The molecule has 0 fully saturated rings. The van der Waals surface area contributed by atoms with Gasteiger partial charge >= 0.3 is 11.9 Å². The van der Waals surface area contributed by atoms with Gasteiger partial charge in [0.05, 0.1) is 26.1 Å². The van der Waals surface area contributed by atoms with Crippen LogP contribution in [0.4, 0.5) is 23.3 Å². The minimum absolute atomic E-state index is 0.0972. The van der Waals surface area contributed by atoms with Crippen molar-refractivity contribution in [3.63, 3.8) is 0 Å². The Labute approximate surface area is 534 Å². The number of imidazole rings is 4. The fourth-order valence-corrected chi connectivity index (χ4v) is 8.97. The smallest absolute Gasteiger partial charge is 0.359 e. The number of carbonyl (C=O) groups excluding carboxylic acids is 5. The summed E-state index contributed by atoms with van der Waals surface area (Å²) in [4.78, 5) is 88.4. The lowest BCUT2D eigenvalue weighted by atomic mass is 10.1. The van der Waals surface area contributed by atoms with E-state index in [0.29, 0.717) is 58.9 Å². The first kappa shape index (κ1) is 66.0. The third-order valence-electron chi connectivity index (χ3n) is 13.6. The van der Waals surface area contributed by atoms with Gasteiger partial charge in [-0.1, -0.05) is 162 Å². The van der Waals surface area contributed by atoms with Crippen molar-refractivity contribution < 1.29 is 33.4 Å². The van der Waals surface area contributed by atoms with Gasteiger partial charge in [0.15, 0.2) is 34.7 Å². The molecule has 92 heavy (non-hydrogen) atoms. The van der Waals surface area contributed by atoms with E-state index in [-0.39, 0.29) is 29.6 Å².